The molecule has 9 nitrogen and oxygen atoms in total. The van der Waals surface area contributed by atoms with E-state index in [0.717, 1.165) is 12.8 Å². The third kappa shape index (κ3) is 7.25. The Morgan fingerprint density at radius 2 is 1.92 bits per heavy atom. The molecule has 1 rings (SSSR count). The average Bonchev–Trinajstić information content (AvgIpc) is 2.58. The van der Waals surface area contributed by atoms with Crippen LogP contribution in [0.15, 0.2) is 0 Å². The van der Waals surface area contributed by atoms with Gasteiger partial charge < -0.3 is 35.4 Å². The highest BCUT2D eigenvalue weighted by atomic mass is 16.7. The van der Waals surface area contributed by atoms with E-state index < -0.39 is 43.2 Å². The maximum absolute atomic E-state index is 11.5. The highest BCUT2D eigenvalue weighted by Crippen LogP contribution is 2.22. The molecule has 2 amide bonds. The minimum atomic E-state index is -1.33. The van der Waals surface area contributed by atoms with Gasteiger partial charge in [0.1, 0.15) is 24.4 Å². The van der Waals surface area contributed by atoms with E-state index in [2.05, 4.69) is 10.6 Å². The lowest BCUT2D eigenvalue weighted by atomic mass is 9.97. The standard InChI is InChI=1S/C16H30N2O7/c1-3-4-6-12(21)17-7-5-8-24-16-13(18-10(2)20)15(23)14(22)11(9-19)25-16/h11,13-16,19,22-23H,3-9H2,1-2H3,(H,17,21)(H,18,20)/t11?,13?,14-,15+,16+/m0/s1. The van der Waals surface area contributed by atoms with Gasteiger partial charge in [0.25, 0.3) is 0 Å². The van der Waals surface area contributed by atoms with Crippen molar-refractivity contribution < 1.29 is 34.4 Å². The first-order valence-electron chi connectivity index (χ1n) is 8.68. The fourth-order valence-electron chi connectivity index (χ4n) is 2.54. The Morgan fingerprint density at radius 1 is 1.20 bits per heavy atom. The van der Waals surface area contributed by atoms with Crippen LogP contribution >= 0.6 is 0 Å². The van der Waals surface area contributed by atoms with E-state index in [1.807, 2.05) is 6.92 Å². The Labute approximate surface area is 147 Å². The van der Waals surface area contributed by atoms with Gasteiger partial charge in [-0.3, -0.25) is 9.59 Å². The van der Waals surface area contributed by atoms with Crippen LogP contribution in [0.25, 0.3) is 0 Å². The predicted octanol–water partition coefficient (Wildman–Crippen LogP) is -1.36. The van der Waals surface area contributed by atoms with Gasteiger partial charge in [-0.25, -0.2) is 0 Å². The second-order valence-electron chi connectivity index (χ2n) is 6.11. The number of amides is 2. The fraction of sp³-hybridized carbons (Fsp3) is 0.875. The van der Waals surface area contributed by atoms with Crippen molar-refractivity contribution in [2.75, 3.05) is 19.8 Å². The van der Waals surface area contributed by atoms with Gasteiger partial charge in [-0.05, 0) is 12.8 Å². The van der Waals surface area contributed by atoms with Crippen LogP contribution in [0.1, 0.15) is 39.5 Å². The normalized spacial score (nSPS) is 29.2. The molecule has 1 aliphatic rings. The summed E-state index contributed by atoms with van der Waals surface area (Å²) < 4.78 is 11.0. The topological polar surface area (TPSA) is 137 Å². The van der Waals surface area contributed by atoms with Crippen molar-refractivity contribution in [2.45, 2.75) is 70.2 Å². The first kappa shape index (κ1) is 21.8. The summed E-state index contributed by atoms with van der Waals surface area (Å²) in [5.74, 6) is -0.412. The lowest BCUT2D eigenvalue weighted by Crippen LogP contribution is -2.64. The van der Waals surface area contributed by atoms with Gasteiger partial charge in [-0.1, -0.05) is 13.3 Å². The Balaban J connectivity index is 2.44. The third-order valence-electron chi connectivity index (χ3n) is 3.93. The smallest absolute Gasteiger partial charge is 0.219 e. The highest BCUT2D eigenvalue weighted by Gasteiger charge is 2.45. The molecule has 0 bridgehead atoms. The number of aliphatic hydroxyl groups excluding tert-OH is 3. The minimum Gasteiger partial charge on any atom is -0.394 e. The summed E-state index contributed by atoms with van der Waals surface area (Å²) in [7, 11) is 0. The molecular weight excluding hydrogens is 332 g/mol. The largest absolute Gasteiger partial charge is 0.394 e. The number of hydrogen-bond acceptors (Lipinski definition) is 7. The molecule has 1 aliphatic heterocycles. The zero-order valence-electron chi connectivity index (χ0n) is 14.8. The van der Waals surface area contributed by atoms with Crippen molar-refractivity contribution in [3.8, 4) is 0 Å². The van der Waals surface area contributed by atoms with Crippen LogP contribution in [0.3, 0.4) is 0 Å². The van der Waals surface area contributed by atoms with Gasteiger partial charge in [0.15, 0.2) is 6.29 Å². The van der Waals surface area contributed by atoms with Crippen LogP contribution in [0.4, 0.5) is 0 Å². The zero-order chi connectivity index (χ0) is 18.8. The second-order valence-corrected chi connectivity index (χ2v) is 6.11. The summed E-state index contributed by atoms with van der Waals surface area (Å²) >= 11 is 0. The second kappa shape index (κ2) is 11.4. The van der Waals surface area contributed by atoms with Crippen molar-refractivity contribution in [1.29, 1.82) is 0 Å². The summed E-state index contributed by atoms with van der Waals surface area (Å²) in [6.07, 6.45) is -1.84. The number of ether oxygens (including phenoxy) is 2. The van der Waals surface area contributed by atoms with Crippen LogP contribution in [0, 0.1) is 0 Å². The fourth-order valence-corrected chi connectivity index (χ4v) is 2.54. The van der Waals surface area contributed by atoms with Crippen molar-refractivity contribution in [1.82, 2.24) is 10.6 Å². The molecule has 2 unspecified atom stereocenters. The van der Waals surface area contributed by atoms with Crippen LogP contribution in [-0.2, 0) is 19.1 Å². The molecule has 0 radical (unpaired) electrons. The van der Waals surface area contributed by atoms with Gasteiger partial charge in [0.2, 0.25) is 11.8 Å². The zero-order valence-corrected chi connectivity index (χ0v) is 14.8. The molecule has 0 aromatic heterocycles. The molecular formula is C16H30N2O7. The number of rotatable bonds is 10. The summed E-state index contributed by atoms with van der Waals surface area (Å²) in [6, 6.07) is -0.950. The number of aliphatic hydroxyl groups is 3. The van der Waals surface area contributed by atoms with Crippen LogP contribution in [0.2, 0.25) is 0 Å². The predicted molar refractivity (Wildman–Crippen MR) is 88.5 cm³/mol. The summed E-state index contributed by atoms with van der Waals surface area (Å²) in [6.45, 7) is 3.46. The Kier molecular flexibility index (Phi) is 9.91. The quantitative estimate of drug-likeness (QED) is 0.303. The Bertz CT molecular complexity index is 421. The lowest BCUT2D eigenvalue weighted by molar-refractivity contribution is -0.270. The molecule has 5 atom stereocenters. The molecule has 1 saturated heterocycles. The molecule has 9 heteroatoms. The first-order valence-corrected chi connectivity index (χ1v) is 8.68. The summed E-state index contributed by atoms with van der Waals surface area (Å²) in [5.41, 5.74) is 0. The molecule has 1 fully saturated rings. The van der Waals surface area contributed by atoms with E-state index in [9.17, 15) is 24.9 Å². The summed E-state index contributed by atoms with van der Waals surface area (Å²) in [4.78, 5) is 22.8. The minimum absolute atomic E-state index is 0.00854. The third-order valence-corrected chi connectivity index (χ3v) is 3.93. The van der Waals surface area contributed by atoms with Crippen LogP contribution < -0.4 is 10.6 Å². The van der Waals surface area contributed by atoms with E-state index >= 15 is 0 Å². The molecule has 25 heavy (non-hydrogen) atoms. The first-order chi connectivity index (χ1) is 11.9. The summed E-state index contributed by atoms with van der Waals surface area (Å²) in [5, 5.41) is 34.5. The van der Waals surface area contributed by atoms with E-state index in [1.54, 1.807) is 0 Å². The molecule has 146 valence electrons. The molecule has 0 saturated carbocycles. The number of hydrogen-bond donors (Lipinski definition) is 5. The average molecular weight is 362 g/mol. The maximum atomic E-state index is 11.5. The van der Waals surface area contributed by atoms with Gasteiger partial charge in [-0.15, -0.1) is 0 Å². The SMILES string of the molecule is CCCCC(=O)NCCCO[C@@H]1OC(CO)[C@H](O)[C@H](O)C1NC(C)=O. The molecule has 1 heterocycles. The number of nitrogens with one attached hydrogen (secondary N) is 2. The highest BCUT2D eigenvalue weighted by molar-refractivity contribution is 5.75. The molecule has 5 N–H and O–H groups in total. The lowest BCUT2D eigenvalue weighted by Gasteiger charge is -2.42. The Morgan fingerprint density at radius 3 is 2.52 bits per heavy atom. The number of carbonyl (C=O) groups excluding carboxylic acids is 2. The monoisotopic (exact) mass is 362 g/mol. The van der Waals surface area contributed by atoms with Crippen LogP contribution in [0.5, 0.6) is 0 Å². The van der Waals surface area contributed by atoms with Gasteiger partial charge in [0.05, 0.1) is 13.2 Å². The van der Waals surface area contributed by atoms with Gasteiger partial charge in [-0.2, -0.15) is 0 Å². The molecule has 0 aliphatic carbocycles. The van der Waals surface area contributed by atoms with Crippen molar-refractivity contribution in [3.05, 3.63) is 0 Å². The molecule has 0 aromatic rings. The van der Waals surface area contributed by atoms with Gasteiger partial charge in [0, 0.05) is 19.9 Å². The molecule has 0 spiro atoms. The van der Waals surface area contributed by atoms with Gasteiger partial charge >= 0.3 is 0 Å². The maximum Gasteiger partial charge on any atom is 0.219 e. The van der Waals surface area contributed by atoms with E-state index in [0.29, 0.717) is 19.4 Å². The van der Waals surface area contributed by atoms with E-state index in [1.165, 1.54) is 6.92 Å². The van der Waals surface area contributed by atoms with E-state index in [4.69, 9.17) is 9.47 Å². The van der Waals surface area contributed by atoms with Crippen molar-refractivity contribution in [3.63, 3.8) is 0 Å². The van der Waals surface area contributed by atoms with Crippen molar-refractivity contribution in [2.24, 2.45) is 0 Å². The Hall–Kier alpha value is -1.26. The van der Waals surface area contributed by atoms with E-state index in [-0.39, 0.29) is 12.5 Å². The number of carbonyl (C=O) groups is 2. The molecule has 0 aromatic carbocycles. The van der Waals surface area contributed by atoms with Crippen LogP contribution in [-0.4, -0.2) is 77.5 Å². The number of unbranched alkanes of at least 4 members (excludes halogenated alkanes) is 1. The van der Waals surface area contributed by atoms with Crippen molar-refractivity contribution >= 4 is 11.8 Å².